The van der Waals surface area contributed by atoms with Gasteiger partial charge in [-0.15, -0.1) is 23.7 Å². The van der Waals surface area contributed by atoms with E-state index in [4.69, 9.17) is 5.73 Å². The normalized spacial score (nSPS) is 11.7. The zero-order valence-corrected chi connectivity index (χ0v) is 10.7. The van der Waals surface area contributed by atoms with E-state index >= 15 is 0 Å². The van der Waals surface area contributed by atoms with Crippen LogP contribution in [0.25, 0.3) is 0 Å². The number of thiazole rings is 1. The van der Waals surface area contributed by atoms with Crippen molar-refractivity contribution in [2.75, 3.05) is 5.32 Å². The number of rotatable bonds is 3. The van der Waals surface area contributed by atoms with Crippen LogP contribution in [0.4, 0.5) is 5.13 Å². The fourth-order valence-corrected chi connectivity index (χ4v) is 1.82. The first-order valence-electron chi connectivity index (χ1n) is 4.48. The minimum atomic E-state index is -0.114. The van der Waals surface area contributed by atoms with Gasteiger partial charge in [0.05, 0.1) is 5.69 Å². The average molecular weight is 250 g/mol. The van der Waals surface area contributed by atoms with Gasteiger partial charge in [-0.3, -0.25) is 4.79 Å². The number of nitrogens with one attached hydrogen (secondary N) is 1. The van der Waals surface area contributed by atoms with Crippen molar-refractivity contribution in [2.45, 2.75) is 33.2 Å². The lowest BCUT2D eigenvalue weighted by Crippen LogP contribution is -2.23. The number of amides is 1. The standard InChI is InChI=1S/C9H15N3OS.ClH/c1-5(10)4-8(13)12-9-11-6(2)7(3)14-9;/h5H,4,10H2,1-3H3,(H,11,12,13);1H. The fourth-order valence-electron chi connectivity index (χ4n) is 0.989. The Balaban J connectivity index is 0.00000196. The van der Waals surface area contributed by atoms with Gasteiger partial charge in [0.25, 0.3) is 0 Å². The van der Waals surface area contributed by atoms with E-state index < -0.39 is 0 Å². The summed E-state index contributed by atoms with van der Waals surface area (Å²) in [5.74, 6) is -0.0752. The first kappa shape index (κ1) is 14.3. The third-order valence-corrected chi connectivity index (χ3v) is 2.77. The van der Waals surface area contributed by atoms with E-state index in [0.29, 0.717) is 11.6 Å². The van der Waals surface area contributed by atoms with E-state index in [-0.39, 0.29) is 24.4 Å². The number of nitrogens with two attached hydrogens (primary N) is 1. The molecule has 0 spiro atoms. The van der Waals surface area contributed by atoms with E-state index in [1.54, 1.807) is 6.92 Å². The predicted molar refractivity (Wildman–Crippen MR) is 65.7 cm³/mol. The highest BCUT2D eigenvalue weighted by atomic mass is 35.5. The van der Waals surface area contributed by atoms with Crippen LogP contribution in [0.1, 0.15) is 23.9 Å². The molecule has 0 radical (unpaired) electrons. The lowest BCUT2D eigenvalue weighted by atomic mass is 10.2. The lowest BCUT2D eigenvalue weighted by Gasteiger charge is -2.03. The summed E-state index contributed by atoms with van der Waals surface area (Å²) in [5.41, 5.74) is 6.47. The van der Waals surface area contributed by atoms with Crippen LogP contribution in [-0.2, 0) is 4.79 Å². The molecule has 15 heavy (non-hydrogen) atoms. The molecule has 0 saturated heterocycles. The van der Waals surface area contributed by atoms with Gasteiger partial charge in [0, 0.05) is 17.3 Å². The highest BCUT2D eigenvalue weighted by molar-refractivity contribution is 7.15. The SMILES string of the molecule is Cc1nc(NC(=O)CC(C)N)sc1C.Cl. The number of carbonyl (C=O) groups excluding carboxylic acids is 1. The molecule has 4 nitrogen and oxygen atoms in total. The number of aryl methyl sites for hydroxylation is 2. The number of anilines is 1. The van der Waals surface area contributed by atoms with E-state index in [1.807, 2.05) is 13.8 Å². The molecule has 0 bridgehead atoms. The van der Waals surface area contributed by atoms with Gasteiger partial charge in [0.15, 0.2) is 5.13 Å². The van der Waals surface area contributed by atoms with Gasteiger partial charge >= 0.3 is 0 Å². The number of carbonyl (C=O) groups is 1. The van der Waals surface area contributed by atoms with Crippen molar-refractivity contribution in [3.63, 3.8) is 0 Å². The minimum absolute atomic E-state index is 0. The van der Waals surface area contributed by atoms with Crippen molar-refractivity contribution < 1.29 is 4.79 Å². The highest BCUT2D eigenvalue weighted by Gasteiger charge is 2.09. The predicted octanol–water partition coefficient (Wildman–Crippen LogP) is 1.86. The highest BCUT2D eigenvalue weighted by Crippen LogP contribution is 2.21. The first-order chi connectivity index (χ1) is 6.49. The molecule has 1 aromatic heterocycles. The molecule has 1 heterocycles. The Hall–Kier alpha value is -0.650. The van der Waals surface area contributed by atoms with Crippen LogP contribution in [0.15, 0.2) is 0 Å². The van der Waals surface area contributed by atoms with Crippen molar-refractivity contribution in [3.05, 3.63) is 10.6 Å². The topological polar surface area (TPSA) is 68.0 Å². The summed E-state index contributed by atoms with van der Waals surface area (Å²) < 4.78 is 0. The Morgan fingerprint density at radius 2 is 2.20 bits per heavy atom. The number of nitrogens with zero attached hydrogens (tertiary/aromatic N) is 1. The van der Waals surface area contributed by atoms with Gasteiger partial charge in [0.1, 0.15) is 0 Å². The molecule has 0 aliphatic carbocycles. The van der Waals surface area contributed by atoms with Gasteiger partial charge in [-0.05, 0) is 20.8 Å². The molecule has 1 rings (SSSR count). The van der Waals surface area contributed by atoms with Crippen LogP contribution >= 0.6 is 23.7 Å². The molecule has 1 atom stereocenters. The fraction of sp³-hybridized carbons (Fsp3) is 0.556. The van der Waals surface area contributed by atoms with Crippen LogP contribution in [-0.4, -0.2) is 16.9 Å². The quantitative estimate of drug-likeness (QED) is 0.859. The zero-order valence-electron chi connectivity index (χ0n) is 9.03. The maximum atomic E-state index is 11.3. The third kappa shape index (κ3) is 4.59. The molecule has 86 valence electrons. The maximum Gasteiger partial charge on any atom is 0.227 e. The summed E-state index contributed by atoms with van der Waals surface area (Å²) >= 11 is 1.49. The average Bonchev–Trinajstić information content (AvgIpc) is 2.28. The van der Waals surface area contributed by atoms with Gasteiger partial charge in [-0.2, -0.15) is 0 Å². The monoisotopic (exact) mass is 249 g/mol. The number of hydrogen-bond acceptors (Lipinski definition) is 4. The zero-order chi connectivity index (χ0) is 10.7. The first-order valence-corrected chi connectivity index (χ1v) is 5.30. The van der Waals surface area contributed by atoms with Gasteiger partial charge in [-0.25, -0.2) is 4.98 Å². The van der Waals surface area contributed by atoms with Gasteiger partial charge in [-0.1, -0.05) is 0 Å². The molecule has 3 N–H and O–H groups in total. The number of aromatic nitrogens is 1. The minimum Gasteiger partial charge on any atom is -0.327 e. The summed E-state index contributed by atoms with van der Waals surface area (Å²) in [6, 6.07) is -0.114. The third-order valence-electron chi connectivity index (χ3n) is 1.78. The van der Waals surface area contributed by atoms with E-state index in [9.17, 15) is 4.79 Å². The van der Waals surface area contributed by atoms with Crippen LogP contribution < -0.4 is 11.1 Å². The summed E-state index contributed by atoms with van der Waals surface area (Å²) in [6.45, 7) is 5.71. The molecule has 0 aromatic carbocycles. The van der Waals surface area contributed by atoms with Crippen molar-refractivity contribution in [2.24, 2.45) is 5.73 Å². The molecule has 6 heteroatoms. The number of hydrogen-bond donors (Lipinski definition) is 2. The van der Waals surface area contributed by atoms with E-state index in [0.717, 1.165) is 10.6 Å². The van der Waals surface area contributed by atoms with Crippen molar-refractivity contribution in [1.29, 1.82) is 0 Å². The second-order valence-corrected chi connectivity index (χ2v) is 4.59. The smallest absolute Gasteiger partial charge is 0.227 e. The van der Waals surface area contributed by atoms with E-state index in [2.05, 4.69) is 10.3 Å². The summed E-state index contributed by atoms with van der Waals surface area (Å²) in [5, 5.41) is 3.38. The van der Waals surface area contributed by atoms with Crippen molar-refractivity contribution >= 4 is 34.8 Å². The molecule has 1 unspecified atom stereocenters. The van der Waals surface area contributed by atoms with Gasteiger partial charge < -0.3 is 11.1 Å². The van der Waals surface area contributed by atoms with Crippen LogP contribution in [0.3, 0.4) is 0 Å². The Labute approximate surface area is 99.7 Å². The van der Waals surface area contributed by atoms with Crippen LogP contribution in [0.5, 0.6) is 0 Å². The van der Waals surface area contributed by atoms with E-state index in [1.165, 1.54) is 11.3 Å². The summed E-state index contributed by atoms with van der Waals surface area (Å²) in [4.78, 5) is 16.6. The Morgan fingerprint density at radius 1 is 1.60 bits per heavy atom. The Morgan fingerprint density at radius 3 is 2.60 bits per heavy atom. The summed E-state index contributed by atoms with van der Waals surface area (Å²) in [6.07, 6.45) is 0.331. The molecule has 0 fully saturated rings. The van der Waals surface area contributed by atoms with Crippen LogP contribution in [0.2, 0.25) is 0 Å². The lowest BCUT2D eigenvalue weighted by molar-refractivity contribution is -0.116. The maximum absolute atomic E-state index is 11.3. The Bertz CT molecular complexity index is 319. The molecule has 0 saturated carbocycles. The molecule has 0 aliphatic rings. The Kier molecular flexibility index (Phi) is 5.79. The van der Waals surface area contributed by atoms with Crippen molar-refractivity contribution in [3.8, 4) is 0 Å². The second-order valence-electron chi connectivity index (χ2n) is 3.39. The second kappa shape index (κ2) is 6.05. The molecule has 1 aromatic rings. The summed E-state index contributed by atoms with van der Waals surface area (Å²) in [7, 11) is 0. The molecule has 0 aliphatic heterocycles. The van der Waals surface area contributed by atoms with Crippen molar-refractivity contribution in [1.82, 2.24) is 4.98 Å². The molecular weight excluding hydrogens is 234 g/mol. The number of halogens is 1. The largest absolute Gasteiger partial charge is 0.327 e. The van der Waals surface area contributed by atoms with Crippen LogP contribution in [0, 0.1) is 13.8 Å². The van der Waals surface area contributed by atoms with Gasteiger partial charge in [0.2, 0.25) is 5.91 Å². The molecular formula is C9H16ClN3OS. The molecule has 1 amide bonds.